The van der Waals surface area contributed by atoms with E-state index < -0.39 is 18.1 Å². The topological polar surface area (TPSA) is 84.9 Å². The Labute approximate surface area is 164 Å². The Hall–Kier alpha value is -2.86. The Morgan fingerprint density at radius 3 is 2.14 bits per heavy atom. The van der Waals surface area contributed by atoms with Gasteiger partial charge in [0, 0.05) is 19.4 Å². The smallest absolute Gasteiger partial charge is 0.407 e. The van der Waals surface area contributed by atoms with Crippen LogP contribution in [0.25, 0.3) is 11.1 Å². The molecule has 1 amide bonds. The standard InChI is InChI=1S/C22H25NO5/c1-3-14(27-2)12-20(21(24)25)23-22(26)28-13-19-17-10-6-4-8-15(17)16-9-5-7-11-18(16)19/h4-11,14,19-20H,3,12-13H2,1-2H3,(H,23,26)(H,24,25). The minimum atomic E-state index is -1.11. The van der Waals surface area contributed by atoms with Gasteiger partial charge in [0.15, 0.2) is 0 Å². The molecule has 0 fully saturated rings. The molecule has 0 heterocycles. The first-order chi connectivity index (χ1) is 13.5. The summed E-state index contributed by atoms with van der Waals surface area (Å²) in [7, 11) is 1.53. The van der Waals surface area contributed by atoms with Crippen molar-refractivity contribution >= 4 is 12.1 Å². The highest BCUT2D eigenvalue weighted by Crippen LogP contribution is 2.44. The summed E-state index contributed by atoms with van der Waals surface area (Å²) in [5, 5.41) is 11.8. The zero-order valence-electron chi connectivity index (χ0n) is 16.1. The number of hydrogen-bond acceptors (Lipinski definition) is 4. The highest BCUT2D eigenvalue weighted by molar-refractivity contribution is 5.81. The van der Waals surface area contributed by atoms with E-state index in [1.807, 2.05) is 43.3 Å². The van der Waals surface area contributed by atoms with Crippen LogP contribution in [0, 0.1) is 0 Å². The lowest BCUT2D eigenvalue weighted by Crippen LogP contribution is -2.43. The molecule has 3 rings (SSSR count). The van der Waals surface area contributed by atoms with Crippen molar-refractivity contribution in [3.05, 3.63) is 59.7 Å². The number of benzene rings is 2. The van der Waals surface area contributed by atoms with Crippen LogP contribution in [0.3, 0.4) is 0 Å². The van der Waals surface area contributed by atoms with Gasteiger partial charge in [-0.05, 0) is 28.7 Å². The van der Waals surface area contributed by atoms with E-state index >= 15 is 0 Å². The van der Waals surface area contributed by atoms with Gasteiger partial charge < -0.3 is 19.9 Å². The Bertz CT molecular complexity index is 801. The lowest BCUT2D eigenvalue weighted by molar-refractivity contribution is -0.140. The quantitative estimate of drug-likeness (QED) is 0.724. The third kappa shape index (κ3) is 4.17. The largest absolute Gasteiger partial charge is 0.480 e. The predicted molar refractivity (Wildman–Crippen MR) is 105 cm³/mol. The van der Waals surface area contributed by atoms with Gasteiger partial charge >= 0.3 is 12.1 Å². The van der Waals surface area contributed by atoms with Gasteiger partial charge in [-0.25, -0.2) is 9.59 Å². The second-order valence-corrected chi connectivity index (χ2v) is 6.86. The molecule has 1 aliphatic rings. The summed E-state index contributed by atoms with van der Waals surface area (Å²) in [6.45, 7) is 2.05. The fraction of sp³-hybridized carbons (Fsp3) is 0.364. The maximum Gasteiger partial charge on any atom is 0.407 e. The molecule has 6 heteroatoms. The summed E-state index contributed by atoms with van der Waals surface area (Å²) in [5.41, 5.74) is 4.50. The number of rotatable bonds is 8. The zero-order valence-corrected chi connectivity index (χ0v) is 16.1. The van der Waals surface area contributed by atoms with Crippen molar-refractivity contribution in [1.82, 2.24) is 5.32 Å². The van der Waals surface area contributed by atoms with E-state index in [1.165, 1.54) is 7.11 Å². The molecule has 0 saturated heterocycles. The molecule has 6 nitrogen and oxygen atoms in total. The van der Waals surface area contributed by atoms with Crippen LogP contribution in [-0.4, -0.2) is 43.0 Å². The molecule has 2 aromatic rings. The van der Waals surface area contributed by atoms with Crippen LogP contribution < -0.4 is 5.32 Å². The molecule has 148 valence electrons. The number of amides is 1. The molecule has 2 aromatic carbocycles. The zero-order chi connectivity index (χ0) is 20.1. The summed E-state index contributed by atoms with van der Waals surface area (Å²) >= 11 is 0. The maximum absolute atomic E-state index is 12.3. The van der Waals surface area contributed by atoms with Crippen molar-refractivity contribution in [3.8, 4) is 11.1 Å². The Morgan fingerprint density at radius 1 is 1.07 bits per heavy atom. The second-order valence-electron chi connectivity index (χ2n) is 6.86. The normalized spacial score (nSPS) is 14.6. The fourth-order valence-electron chi connectivity index (χ4n) is 3.70. The first-order valence-electron chi connectivity index (χ1n) is 9.42. The third-order valence-electron chi connectivity index (χ3n) is 5.22. The molecule has 2 unspecified atom stereocenters. The van der Waals surface area contributed by atoms with Gasteiger partial charge in [-0.15, -0.1) is 0 Å². The third-order valence-corrected chi connectivity index (χ3v) is 5.22. The van der Waals surface area contributed by atoms with Crippen LogP contribution in [0.1, 0.15) is 36.8 Å². The summed E-state index contributed by atoms with van der Waals surface area (Å²) in [4.78, 5) is 23.7. The molecule has 1 aliphatic carbocycles. The lowest BCUT2D eigenvalue weighted by atomic mass is 9.98. The van der Waals surface area contributed by atoms with Crippen LogP contribution in [-0.2, 0) is 14.3 Å². The number of aliphatic carboxylic acids is 1. The van der Waals surface area contributed by atoms with Crippen LogP contribution in [0.2, 0.25) is 0 Å². The Balaban J connectivity index is 1.67. The minimum Gasteiger partial charge on any atom is -0.480 e. The molecule has 0 bridgehead atoms. The van der Waals surface area contributed by atoms with Crippen molar-refractivity contribution in [2.75, 3.05) is 13.7 Å². The van der Waals surface area contributed by atoms with Gasteiger partial charge in [-0.1, -0.05) is 55.5 Å². The predicted octanol–water partition coefficient (Wildman–Crippen LogP) is 3.79. The Kier molecular flexibility index (Phi) is 6.31. The van der Waals surface area contributed by atoms with Crippen LogP contribution >= 0.6 is 0 Å². The van der Waals surface area contributed by atoms with E-state index in [0.29, 0.717) is 6.42 Å². The van der Waals surface area contributed by atoms with Crippen molar-refractivity contribution in [2.24, 2.45) is 0 Å². The molecule has 0 aromatic heterocycles. The van der Waals surface area contributed by atoms with E-state index in [-0.39, 0.29) is 25.0 Å². The van der Waals surface area contributed by atoms with Gasteiger partial charge in [0.1, 0.15) is 12.6 Å². The van der Waals surface area contributed by atoms with Crippen molar-refractivity contribution in [2.45, 2.75) is 37.8 Å². The van der Waals surface area contributed by atoms with E-state index in [4.69, 9.17) is 9.47 Å². The number of hydrogen-bond donors (Lipinski definition) is 2. The summed E-state index contributed by atoms with van der Waals surface area (Å²) in [6, 6.07) is 15.0. The van der Waals surface area contributed by atoms with Gasteiger partial charge in [-0.3, -0.25) is 0 Å². The van der Waals surface area contributed by atoms with Crippen molar-refractivity contribution in [1.29, 1.82) is 0 Å². The number of fused-ring (bicyclic) bond motifs is 3. The SMILES string of the molecule is CCC(CC(NC(=O)OCC1c2ccccc2-c2ccccc21)C(=O)O)OC. The monoisotopic (exact) mass is 383 g/mol. The molecule has 0 radical (unpaired) electrons. The van der Waals surface area contributed by atoms with Crippen LogP contribution in [0.4, 0.5) is 4.79 Å². The van der Waals surface area contributed by atoms with Crippen molar-refractivity contribution < 1.29 is 24.2 Å². The van der Waals surface area contributed by atoms with E-state index in [9.17, 15) is 14.7 Å². The maximum atomic E-state index is 12.3. The first kappa shape index (κ1) is 19.9. The number of alkyl carbamates (subject to hydrolysis) is 1. The summed E-state index contributed by atoms with van der Waals surface area (Å²) in [6.07, 6.45) is -0.130. The number of carboxylic acid groups (broad SMARTS) is 1. The average Bonchev–Trinajstić information content (AvgIpc) is 3.03. The molecular weight excluding hydrogens is 358 g/mol. The van der Waals surface area contributed by atoms with Gasteiger partial charge in [-0.2, -0.15) is 0 Å². The number of ether oxygens (including phenoxy) is 2. The molecule has 2 N–H and O–H groups in total. The van der Waals surface area contributed by atoms with Gasteiger partial charge in [0.05, 0.1) is 6.10 Å². The van der Waals surface area contributed by atoms with E-state index in [0.717, 1.165) is 22.3 Å². The minimum absolute atomic E-state index is 0.0659. The molecule has 0 saturated carbocycles. The van der Waals surface area contributed by atoms with E-state index in [1.54, 1.807) is 0 Å². The average molecular weight is 383 g/mol. The fourth-order valence-corrected chi connectivity index (χ4v) is 3.70. The highest BCUT2D eigenvalue weighted by atomic mass is 16.5. The van der Waals surface area contributed by atoms with E-state index in [2.05, 4.69) is 17.4 Å². The summed E-state index contributed by atoms with van der Waals surface area (Å²) in [5.74, 6) is -1.17. The van der Waals surface area contributed by atoms with Gasteiger partial charge in [0.25, 0.3) is 0 Å². The number of carbonyl (C=O) groups excluding carboxylic acids is 1. The number of carbonyl (C=O) groups is 2. The number of nitrogens with one attached hydrogen (secondary N) is 1. The molecule has 28 heavy (non-hydrogen) atoms. The highest BCUT2D eigenvalue weighted by Gasteiger charge is 2.30. The first-order valence-corrected chi connectivity index (χ1v) is 9.42. The van der Waals surface area contributed by atoms with Crippen LogP contribution in [0.15, 0.2) is 48.5 Å². The Morgan fingerprint density at radius 2 is 1.64 bits per heavy atom. The lowest BCUT2D eigenvalue weighted by Gasteiger charge is -2.20. The molecule has 0 spiro atoms. The molecular formula is C22H25NO5. The molecule has 0 aliphatic heterocycles. The van der Waals surface area contributed by atoms with Crippen LogP contribution in [0.5, 0.6) is 0 Å². The number of methoxy groups -OCH3 is 1. The van der Waals surface area contributed by atoms with Gasteiger partial charge in [0.2, 0.25) is 0 Å². The number of carboxylic acids is 1. The molecule has 2 atom stereocenters. The van der Waals surface area contributed by atoms with Crippen molar-refractivity contribution in [3.63, 3.8) is 0 Å². The summed E-state index contributed by atoms with van der Waals surface area (Å²) < 4.78 is 10.6. The second kappa shape index (κ2) is 8.89.